The average molecular weight is 957 g/mol. The van der Waals surface area contributed by atoms with Crippen molar-refractivity contribution in [3.05, 3.63) is 290 Å². The summed E-state index contributed by atoms with van der Waals surface area (Å²) in [5.41, 5.74) is 23.8. The molecule has 0 saturated heterocycles. The van der Waals surface area contributed by atoms with Crippen molar-refractivity contribution in [1.82, 2.24) is 4.57 Å². The number of hydrogen-bond acceptors (Lipinski definition) is 1. The van der Waals surface area contributed by atoms with Crippen LogP contribution in [0.1, 0.15) is 25.0 Å². The van der Waals surface area contributed by atoms with Gasteiger partial charge in [-0.2, -0.15) is 0 Å². The van der Waals surface area contributed by atoms with E-state index < -0.39 is 0 Å². The zero-order valence-corrected chi connectivity index (χ0v) is 42.0. The molecule has 0 aliphatic heterocycles. The molecule has 0 unspecified atom stereocenters. The Hall–Kier alpha value is -9.50. The van der Waals surface area contributed by atoms with Gasteiger partial charge in [0.2, 0.25) is 0 Å². The van der Waals surface area contributed by atoms with Gasteiger partial charge in [0, 0.05) is 38.9 Å². The number of benzene rings is 12. The third kappa shape index (κ3) is 7.48. The van der Waals surface area contributed by atoms with Gasteiger partial charge >= 0.3 is 0 Å². The van der Waals surface area contributed by atoms with Crippen LogP contribution in [0.2, 0.25) is 0 Å². The molecule has 0 spiro atoms. The molecule has 1 heterocycles. The van der Waals surface area contributed by atoms with Crippen molar-refractivity contribution >= 4 is 49.6 Å². The van der Waals surface area contributed by atoms with Gasteiger partial charge < -0.3 is 9.47 Å². The van der Waals surface area contributed by atoms with E-state index >= 15 is 0 Å². The van der Waals surface area contributed by atoms with Gasteiger partial charge in [0.1, 0.15) is 0 Å². The monoisotopic (exact) mass is 956 g/mol. The van der Waals surface area contributed by atoms with Crippen LogP contribution >= 0.6 is 0 Å². The Morgan fingerprint density at radius 2 is 0.787 bits per heavy atom. The highest BCUT2D eigenvalue weighted by Crippen LogP contribution is 2.51. The fourth-order valence-corrected chi connectivity index (χ4v) is 12.1. The molecule has 12 aromatic carbocycles. The van der Waals surface area contributed by atoms with Crippen molar-refractivity contribution < 1.29 is 0 Å². The third-order valence-electron chi connectivity index (χ3n) is 15.8. The van der Waals surface area contributed by atoms with Crippen molar-refractivity contribution in [2.75, 3.05) is 4.90 Å². The summed E-state index contributed by atoms with van der Waals surface area (Å²) in [5, 5.41) is 4.98. The minimum absolute atomic E-state index is 0.159. The first-order chi connectivity index (χ1) is 37.0. The van der Waals surface area contributed by atoms with Crippen LogP contribution in [-0.2, 0) is 5.41 Å². The lowest BCUT2D eigenvalue weighted by atomic mass is 9.82. The van der Waals surface area contributed by atoms with Gasteiger partial charge in [0.05, 0.1) is 11.0 Å². The second kappa shape index (κ2) is 17.9. The highest BCUT2D eigenvalue weighted by molar-refractivity contribution is 6.11. The van der Waals surface area contributed by atoms with Gasteiger partial charge in [0.25, 0.3) is 0 Å². The molecule has 0 bridgehead atoms. The topological polar surface area (TPSA) is 8.17 Å². The van der Waals surface area contributed by atoms with Gasteiger partial charge in [-0.05, 0) is 149 Å². The summed E-state index contributed by atoms with van der Waals surface area (Å²) in [4.78, 5) is 2.45. The average Bonchev–Trinajstić information content (AvgIpc) is 3.94. The molecular weight excluding hydrogens is 905 g/mol. The van der Waals surface area contributed by atoms with Crippen LogP contribution in [0, 0.1) is 0 Å². The Balaban J connectivity index is 0.967. The first-order valence-corrected chi connectivity index (χ1v) is 26.1. The zero-order chi connectivity index (χ0) is 50.0. The summed E-state index contributed by atoms with van der Waals surface area (Å²) in [7, 11) is 0. The molecular formula is C73H52N2. The molecule has 2 heteroatoms. The summed E-state index contributed by atoms with van der Waals surface area (Å²) in [6.07, 6.45) is 0. The molecule has 1 aromatic heterocycles. The molecule has 2 nitrogen and oxygen atoms in total. The lowest BCUT2D eigenvalue weighted by Gasteiger charge is -2.29. The van der Waals surface area contributed by atoms with E-state index in [9.17, 15) is 0 Å². The van der Waals surface area contributed by atoms with Crippen molar-refractivity contribution in [1.29, 1.82) is 0 Å². The SMILES string of the molecule is CC1(C)c2ccccc2-c2ccc(N(c3ccc(-c4ccccc4)cc3)c3ccc(-c4ccccc4-c4ccc5c6ccccc6n(-c6ccccc6)c5c4)c(-c4ccc(-c5cccc6ccccc56)cc4)c3)cc21. The number of anilines is 3. The molecule has 75 heavy (non-hydrogen) atoms. The second-order valence-corrected chi connectivity index (χ2v) is 20.4. The maximum absolute atomic E-state index is 2.45. The fourth-order valence-electron chi connectivity index (χ4n) is 12.1. The Morgan fingerprint density at radius 3 is 1.57 bits per heavy atom. The van der Waals surface area contributed by atoms with Gasteiger partial charge in [-0.1, -0.05) is 232 Å². The van der Waals surface area contributed by atoms with Crippen LogP contribution in [0.5, 0.6) is 0 Å². The van der Waals surface area contributed by atoms with Crippen molar-refractivity contribution in [2.45, 2.75) is 19.3 Å². The summed E-state index contributed by atoms with van der Waals surface area (Å²) in [5.74, 6) is 0. The predicted octanol–water partition coefficient (Wildman–Crippen LogP) is 20.0. The molecule has 0 atom stereocenters. The quantitative estimate of drug-likeness (QED) is 0.140. The van der Waals surface area contributed by atoms with Gasteiger partial charge in [0.15, 0.2) is 0 Å². The first-order valence-electron chi connectivity index (χ1n) is 26.1. The lowest BCUT2D eigenvalue weighted by Crippen LogP contribution is -2.16. The third-order valence-corrected chi connectivity index (χ3v) is 15.8. The number of hydrogen-bond donors (Lipinski definition) is 0. The van der Waals surface area contributed by atoms with Crippen molar-refractivity contribution in [3.63, 3.8) is 0 Å². The number of para-hydroxylation sites is 2. The van der Waals surface area contributed by atoms with Gasteiger partial charge in [-0.25, -0.2) is 0 Å². The van der Waals surface area contributed by atoms with Crippen LogP contribution < -0.4 is 4.90 Å². The fraction of sp³-hybridized carbons (Fsp3) is 0.0411. The molecule has 0 amide bonds. The Kier molecular flexibility index (Phi) is 10.6. The minimum Gasteiger partial charge on any atom is -0.310 e. The Labute approximate surface area is 438 Å². The molecule has 13 aromatic rings. The van der Waals surface area contributed by atoms with E-state index in [4.69, 9.17) is 0 Å². The maximum Gasteiger partial charge on any atom is 0.0547 e. The molecule has 14 rings (SSSR count). The maximum atomic E-state index is 2.45. The van der Waals surface area contributed by atoms with E-state index in [0.717, 1.165) is 33.9 Å². The minimum atomic E-state index is -0.159. The molecule has 354 valence electrons. The molecule has 1 aliphatic rings. The Bertz CT molecular complexity index is 4290. The summed E-state index contributed by atoms with van der Waals surface area (Å²) in [6, 6.07) is 103. The molecule has 0 saturated carbocycles. The number of nitrogens with zero attached hydrogens (tertiary/aromatic N) is 2. The normalized spacial score (nSPS) is 12.5. The molecule has 0 radical (unpaired) electrons. The smallest absolute Gasteiger partial charge is 0.0547 e. The van der Waals surface area contributed by atoms with Crippen LogP contribution in [0.3, 0.4) is 0 Å². The van der Waals surface area contributed by atoms with Gasteiger partial charge in [-0.15, -0.1) is 0 Å². The van der Waals surface area contributed by atoms with E-state index in [1.165, 1.54) is 99.3 Å². The van der Waals surface area contributed by atoms with Gasteiger partial charge in [-0.3, -0.25) is 0 Å². The highest BCUT2D eigenvalue weighted by atomic mass is 15.1. The van der Waals surface area contributed by atoms with E-state index in [-0.39, 0.29) is 5.41 Å². The van der Waals surface area contributed by atoms with E-state index in [1.54, 1.807) is 0 Å². The molecule has 0 N–H and O–H groups in total. The highest BCUT2D eigenvalue weighted by Gasteiger charge is 2.36. The molecule has 0 fully saturated rings. The summed E-state index contributed by atoms with van der Waals surface area (Å²) in [6.45, 7) is 4.73. The summed E-state index contributed by atoms with van der Waals surface area (Å²) >= 11 is 0. The predicted molar refractivity (Wildman–Crippen MR) is 318 cm³/mol. The van der Waals surface area contributed by atoms with Crippen LogP contribution in [0.25, 0.3) is 105 Å². The number of aromatic nitrogens is 1. The van der Waals surface area contributed by atoms with Crippen molar-refractivity contribution in [3.8, 4) is 72.4 Å². The Morgan fingerprint density at radius 1 is 0.280 bits per heavy atom. The van der Waals surface area contributed by atoms with Crippen LogP contribution in [0.15, 0.2) is 279 Å². The summed E-state index contributed by atoms with van der Waals surface area (Å²) < 4.78 is 2.41. The molecule has 1 aliphatic carbocycles. The van der Waals surface area contributed by atoms with E-state index in [0.29, 0.717) is 0 Å². The largest absolute Gasteiger partial charge is 0.310 e. The number of rotatable bonds is 9. The first kappa shape index (κ1) is 44.2. The van der Waals surface area contributed by atoms with Crippen LogP contribution in [0.4, 0.5) is 17.1 Å². The number of fused-ring (bicyclic) bond motifs is 7. The second-order valence-electron chi connectivity index (χ2n) is 20.4. The standard InChI is InChI=1S/C73H52N2/c1-73(2)69-30-15-13-27-64(69)65-45-42-58(48-70(65)73)74(56-39-36-50(37-40-56)49-18-5-3-6-19-49)57-41-44-63(68(47-57)53-34-32-52(33-35-53)60-29-17-21-51-20-9-10-24-59(51)60)62-26-12-11-25-61(62)54-38-43-67-66-28-14-16-31-71(66)75(72(67)46-54)55-22-7-4-8-23-55/h3-48H,1-2H3. The lowest BCUT2D eigenvalue weighted by molar-refractivity contribution is 0.660. The van der Waals surface area contributed by atoms with Crippen molar-refractivity contribution in [2.24, 2.45) is 0 Å². The zero-order valence-electron chi connectivity index (χ0n) is 42.0. The van der Waals surface area contributed by atoms with E-state index in [2.05, 4.69) is 302 Å². The van der Waals surface area contributed by atoms with E-state index in [1.807, 2.05) is 0 Å². The van der Waals surface area contributed by atoms with Crippen LogP contribution in [-0.4, -0.2) is 4.57 Å².